The molecule has 0 N–H and O–H groups in total. The Kier molecular flexibility index (Phi) is 5.62. The summed E-state index contributed by atoms with van der Waals surface area (Å²) in [6.45, 7) is 8.79. The molecule has 4 rings (SSSR count). The fraction of sp³-hybridized carbons (Fsp3) is 0.524. The van der Waals surface area contributed by atoms with Crippen LogP contribution in [0.25, 0.3) is 0 Å². The van der Waals surface area contributed by atoms with E-state index in [1.807, 2.05) is 45.2 Å². The number of aromatic nitrogens is 2. The van der Waals surface area contributed by atoms with Gasteiger partial charge in [0.25, 0.3) is 0 Å². The van der Waals surface area contributed by atoms with Crippen molar-refractivity contribution in [3.05, 3.63) is 35.5 Å². The summed E-state index contributed by atoms with van der Waals surface area (Å²) in [5.74, 6) is 2.03. The molecule has 8 nitrogen and oxygen atoms in total. The lowest BCUT2D eigenvalue weighted by Gasteiger charge is -2.37. The predicted molar refractivity (Wildman–Crippen MR) is 109 cm³/mol. The first-order chi connectivity index (χ1) is 14.1. The molecule has 3 heterocycles. The van der Waals surface area contributed by atoms with Gasteiger partial charge in [0.1, 0.15) is 18.3 Å². The zero-order chi connectivity index (χ0) is 20.4. The summed E-state index contributed by atoms with van der Waals surface area (Å²) in [5.41, 5.74) is 1.40. The summed E-state index contributed by atoms with van der Waals surface area (Å²) in [7, 11) is 1.86. The number of carbonyl (C=O) groups is 1. The topological polar surface area (TPSA) is 69.1 Å². The van der Waals surface area contributed by atoms with Gasteiger partial charge in [-0.3, -0.25) is 9.58 Å². The van der Waals surface area contributed by atoms with Gasteiger partial charge in [-0.25, -0.2) is 4.79 Å². The maximum absolute atomic E-state index is 12.4. The fourth-order valence-electron chi connectivity index (χ4n) is 3.84. The van der Waals surface area contributed by atoms with Crippen molar-refractivity contribution in [3.8, 4) is 11.5 Å². The average Bonchev–Trinajstić information content (AvgIpc) is 3.03. The van der Waals surface area contributed by atoms with E-state index in [9.17, 15) is 4.79 Å². The standard InChI is InChI=1S/C21H28N4O4/c1-4-27-21(26)19-15(2)23(3)22-20(19)25-11-9-24(10-12-25)13-16-14-28-17-7-5-6-8-18(17)29-16/h5-8,16H,4,9-14H2,1-3H3/t16-/m0/s1. The number of ether oxygens (including phenoxy) is 3. The Morgan fingerprint density at radius 1 is 1.21 bits per heavy atom. The van der Waals surface area contributed by atoms with E-state index >= 15 is 0 Å². The average molecular weight is 400 g/mol. The molecule has 0 saturated carbocycles. The molecule has 0 bridgehead atoms. The SMILES string of the molecule is CCOC(=O)c1c(N2CCN(C[C@H]3COc4ccccc4O3)CC2)nn(C)c1C. The number of nitrogens with zero attached hydrogens (tertiary/aromatic N) is 4. The second-order valence-electron chi connectivity index (χ2n) is 7.41. The van der Waals surface area contributed by atoms with Crippen LogP contribution >= 0.6 is 0 Å². The number of rotatable bonds is 5. The second kappa shape index (κ2) is 8.32. The van der Waals surface area contributed by atoms with Gasteiger partial charge in [-0.1, -0.05) is 12.1 Å². The Morgan fingerprint density at radius 3 is 2.66 bits per heavy atom. The summed E-state index contributed by atoms with van der Waals surface area (Å²) < 4.78 is 18.9. The molecular formula is C21H28N4O4. The molecule has 156 valence electrons. The van der Waals surface area contributed by atoms with Gasteiger partial charge in [-0.05, 0) is 26.0 Å². The first-order valence-corrected chi connectivity index (χ1v) is 10.1. The first-order valence-electron chi connectivity index (χ1n) is 10.1. The zero-order valence-corrected chi connectivity index (χ0v) is 17.3. The summed E-state index contributed by atoms with van der Waals surface area (Å²) in [6.07, 6.45) is 0.0173. The lowest BCUT2D eigenvalue weighted by atomic mass is 10.2. The van der Waals surface area contributed by atoms with E-state index in [0.29, 0.717) is 24.6 Å². The first kappa shape index (κ1) is 19.6. The largest absolute Gasteiger partial charge is 0.486 e. The molecule has 0 unspecified atom stereocenters. The molecule has 0 radical (unpaired) electrons. The third-order valence-electron chi connectivity index (χ3n) is 5.50. The van der Waals surface area contributed by atoms with Crippen LogP contribution in [0.4, 0.5) is 5.82 Å². The third-order valence-corrected chi connectivity index (χ3v) is 5.50. The fourth-order valence-corrected chi connectivity index (χ4v) is 3.84. The number of hydrogen-bond donors (Lipinski definition) is 0. The maximum atomic E-state index is 12.4. The number of piperazine rings is 1. The molecule has 0 amide bonds. The summed E-state index contributed by atoms with van der Waals surface area (Å²) in [5, 5.41) is 4.58. The van der Waals surface area contributed by atoms with Crippen LogP contribution in [0, 0.1) is 6.92 Å². The normalized spacial score (nSPS) is 19.3. The molecule has 29 heavy (non-hydrogen) atoms. The van der Waals surface area contributed by atoms with Gasteiger partial charge in [-0.15, -0.1) is 0 Å². The van der Waals surface area contributed by atoms with Gasteiger partial charge in [0.15, 0.2) is 17.3 Å². The van der Waals surface area contributed by atoms with Crippen LogP contribution in [0.15, 0.2) is 24.3 Å². The van der Waals surface area contributed by atoms with E-state index in [-0.39, 0.29) is 12.1 Å². The highest BCUT2D eigenvalue weighted by molar-refractivity contribution is 5.96. The highest BCUT2D eigenvalue weighted by atomic mass is 16.6. The Bertz CT molecular complexity index is 874. The molecule has 1 atom stereocenters. The minimum absolute atomic E-state index is 0.0173. The Labute approximate surface area is 170 Å². The number of carbonyl (C=O) groups excluding carboxylic acids is 1. The quantitative estimate of drug-likeness (QED) is 0.710. The minimum atomic E-state index is -0.304. The Balaban J connectivity index is 1.37. The molecular weight excluding hydrogens is 372 g/mol. The smallest absolute Gasteiger partial charge is 0.343 e. The van der Waals surface area contributed by atoms with E-state index in [0.717, 1.165) is 49.9 Å². The van der Waals surface area contributed by atoms with Crippen molar-refractivity contribution in [1.29, 1.82) is 0 Å². The van der Waals surface area contributed by atoms with E-state index < -0.39 is 0 Å². The monoisotopic (exact) mass is 400 g/mol. The molecule has 1 aromatic carbocycles. The van der Waals surface area contributed by atoms with Crippen molar-refractivity contribution in [2.75, 3.05) is 50.8 Å². The van der Waals surface area contributed by atoms with E-state index in [1.54, 1.807) is 4.68 Å². The number of fused-ring (bicyclic) bond motifs is 1. The van der Waals surface area contributed by atoms with Crippen molar-refractivity contribution >= 4 is 11.8 Å². The van der Waals surface area contributed by atoms with Gasteiger partial charge in [-0.2, -0.15) is 5.10 Å². The van der Waals surface area contributed by atoms with Crippen molar-refractivity contribution < 1.29 is 19.0 Å². The number of benzene rings is 1. The van der Waals surface area contributed by atoms with E-state index in [2.05, 4.69) is 14.9 Å². The molecule has 0 aliphatic carbocycles. The van der Waals surface area contributed by atoms with Gasteiger partial charge < -0.3 is 19.1 Å². The number of esters is 1. The molecule has 1 aromatic heterocycles. The number of hydrogen-bond acceptors (Lipinski definition) is 7. The molecule has 2 aliphatic rings. The Morgan fingerprint density at radius 2 is 1.93 bits per heavy atom. The predicted octanol–water partition coefficient (Wildman–Crippen LogP) is 1.87. The van der Waals surface area contributed by atoms with Crippen LogP contribution in [0.3, 0.4) is 0 Å². The van der Waals surface area contributed by atoms with Crippen LogP contribution in [0.5, 0.6) is 11.5 Å². The van der Waals surface area contributed by atoms with Crippen LogP contribution in [0.2, 0.25) is 0 Å². The van der Waals surface area contributed by atoms with Crippen molar-refractivity contribution in [2.45, 2.75) is 20.0 Å². The number of anilines is 1. The van der Waals surface area contributed by atoms with E-state index in [1.165, 1.54) is 0 Å². The van der Waals surface area contributed by atoms with Crippen LogP contribution < -0.4 is 14.4 Å². The van der Waals surface area contributed by atoms with Gasteiger partial charge in [0.2, 0.25) is 0 Å². The van der Waals surface area contributed by atoms with Crippen LogP contribution in [-0.4, -0.2) is 72.7 Å². The minimum Gasteiger partial charge on any atom is -0.486 e. The van der Waals surface area contributed by atoms with Gasteiger partial charge >= 0.3 is 5.97 Å². The Hall–Kier alpha value is -2.74. The molecule has 2 aromatic rings. The molecule has 1 saturated heterocycles. The summed E-state index contributed by atoms with van der Waals surface area (Å²) in [4.78, 5) is 17.0. The lowest BCUT2D eigenvalue weighted by molar-refractivity contribution is 0.0524. The van der Waals surface area contributed by atoms with Gasteiger partial charge in [0, 0.05) is 39.8 Å². The van der Waals surface area contributed by atoms with Crippen molar-refractivity contribution in [2.24, 2.45) is 7.05 Å². The summed E-state index contributed by atoms with van der Waals surface area (Å²) >= 11 is 0. The van der Waals surface area contributed by atoms with Crippen molar-refractivity contribution in [3.63, 3.8) is 0 Å². The maximum Gasteiger partial charge on any atom is 0.343 e. The number of aryl methyl sites for hydroxylation is 1. The summed E-state index contributed by atoms with van der Waals surface area (Å²) in [6, 6.07) is 7.78. The third kappa shape index (κ3) is 4.03. The molecule has 2 aliphatic heterocycles. The zero-order valence-electron chi connectivity index (χ0n) is 17.3. The highest BCUT2D eigenvalue weighted by Gasteiger charge is 2.29. The number of para-hydroxylation sites is 2. The molecule has 0 spiro atoms. The van der Waals surface area contributed by atoms with E-state index in [4.69, 9.17) is 14.2 Å². The lowest BCUT2D eigenvalue weighted by Crippen LogP contribution is -2.51. The van der Waals surface area contributed by atoms with Crippen LogP contribution in [-0.2, 0) is 11.8 Å². The molecule has 8 heteroatoms. The van der Waals surface area contributed by atoms with Crippen molar-refractivity contribution in [1.82, 2.24) is 14.7 Å². The van der Waals surface area contributed by atoms with Crippen LogP contribution in [0.1, 0.15) is 23.0 Å². The molecule has 1 fully saturated rings. The van der Waals surface area contributed by atoms with Gasteiger partial charge in [0.05, 0.1) is 12.3 Å². The second-order valence-corrected chi connectivity index (χ2v) is 7.41. The highest BCUT2D eigenvalue weighted by Crippen LogP contribution is 2.31.